The molecule has 0 radical (unpaired) electrons. The summed E-state index contributed by atoms with van der Waals surface area (Å²) in [6.07, 6.45) is 45.8. The van der Waals surface area contributed by atoms with E-state index >= 15 is 0 Å². The fraction of sp³-hybridized carbons (Fsp3) is 0.945. The Morgan fingerprint density at radius 2 is 0.522 bits per heavy atom. The van der Waals surface area contributed by atoms with Crippen molar-refractivity contribution in [1.29, 1.82) is 0 Å². The van der Waals surface area contributed by atoms with E-state index in [0.717, 1.165) is 120 Å². The van der Waals surface area contributed by atoms with Gasteiger partial charge in [0.1, 0.15) is 19.3 Å². The molecule has 0 saturated heterocycles. The largest absolute Gasteiger partial charge is 0.472 e. The molecule has 19 heteroatoms. The first kappa shape index (κ1) is 90.1. The van der Waals surface area contributed by atoms with Crippen molar-refractivity contribution in [3.8, 4) is 0 Å². The van der Waals surface area contributed by atoms with E-state index in [1.165, 1.54) is 161 Å². The van der Waals surface area contributed by atoms with Crippen LogP contribution >= 0.6 is 15.6 Å². The number of carbonyl (C=O) groups is 4. The summed E-state index contributed by atoms with van der Waals surface area (Å²) in [5, 5.41) is 10.6. The Labute approximate surface area is 562 Å². The summed E-state index contributed by atoms with van der Waals surface area (Å²) in [4.78, 5) is 72.7. The lowest BCUT2D eigenvalue weighted by Crippen LogP contribution is -2.30. The highest BCUT2D eigenvalue weighted by Crippen LogP contribution is 2.45. The van der Waals surface area contributed by atoms with Gasteiger partial charge in [0.2, 0.25) is 0 Å². The van der Waals surface area contributed by atoms with Gasteiger partial charge in [-0.05, 0) is 49.4 Å². The second-order valence-corrected chi connectivity index (χ2v) is 30.7. The van der Waals surface area contributed by atoms with Gasteiger partial charge >= 0.3 is 39.5 Å². The highest BCUT2D eigenvalue weighted by molar-refractivity contribution is 7.47. The maximum atomic E-state index is 13.1. The zero-order chi connectivity index (χ0) is 68.2. The number of aliphatic hydroxyl groups excluding tert-OH is 1. The standard InChI is InChI=1S/C73H142O17P2/c1-9-65(7)51-43-35-27-23-24-30-40-48-56-73(78)90-69(60-84-71(76)54-46-38-32-31-36-44-52-66(8)10-2)62-88-92(81,82)86-58-67(74)57-85-91(79,80)87-61-68(89-72(77)55-47-39-29-22-18-17-20-26-34-42-50-64(5)6)59-83-70(75)53-45-37-28-21-16-14-12-11-13-15-19-25-33-41-49-63(3)4/h63-69,74H,9-62H2,1-8H3,(H,79,80)(H,81,82)/t65?,66?,67-,68-,69-/m1/s1. The van der Waals surface area contributed by atoms with Crippen molar-refractivity contribution in [2.45, 2.75) is 382 Å². The third kappa shape index (κ3) is 64.1. The molecule has 0 aliphatic carbocycles. The first-order valence-electron chi connectivity index (χ1n) is 37.8. The number of phosphoric ester groups is 2. The van der Waals surface area contributed by atoms with Crippen LogP contribution in [0.25, 0.3) is 0 Å². The lowest BCUT2D eigenvalue weighted by Gasteiger charge is -2.21. The molecule has 0 fully saturated rings. The molecular formula is C73H142O17P2. The quantitative estimate of drug-likeness (QED) is 0.0222. The van der Waals surface area contributed by atoms with Gasteiger partial charge in [-0.3, -0.25) is 37.3 Å². The topological polar surface area (TPSA) is 237 Å². The van der Waals surface area contributed by atoms with Crippen molar-refractivity contribution in [2.75, 3.05) is 39.6 Å². The second kappa shape index (κ2) is 62.6. The second-order valence-electron chi connectivity index (χ2n) is 27.8. The lowest BCUT2D eigenvalue weighted by molar-refractivity contribution is -0.161. The number of ether oxygens (including phenoxy) is 4. The number of phosphoric acid groups is 2. The van der Waals surface area contributed by atoms with Gasteiger partial charge in [0.05, 0.1) is 26.4 Å². The highest BCUT2D eigenvalue weighted by atomic mass is 31.2. The Bertz CT molecular complexity index is 1820. The fourth-order valence-corrected chi connectivity index (χ4v) is 12.5. The third-order valence-corrected chi connectivity index (χ3v) is 19.4. The molecule has 17 nitrogen and oxygen atoms in total. The zero-order valence-electron chi connectivity index (χ0n) is 60.2. The van der Waals surface area contributed by atoms with Crippen LogP contribution in [0.1, 0.15) is 364 Å². The fourth-order valence-electron chi connectivity index (χ4n) is 11.0. The molecule has 546 valence electrons. The van der Waals surface area contributed by atoms with Crippen molar-refractivity contribution in [2.24, 2.45) is 23.7 Å². The van der Waals surface area contributed by atoms with Crippen LogP contribution in [0.4, 0.5) is 0 Å². The minimum atomic E-state index is -4.96. The van der Waals surface area contributed by atoms with Gasteiger partial charge in [0.15, 0.2) is 12.2 Å². The van der Waals surface area contributed by atoms with E-state index in [0.29, 0.717) is 25.7 Å². The molecule has 3 N–H and O–H groups in total. The molecule has 0 heterocycles. The molecule has 0 saturated carbocycles. The molecular weight excluding hydrogens is 1210 g/mol. The smallest absolute Gasteiger partial charge is 0.462 e. The van der Waals surface area contributed by atoms with Gasteiger partial charge in [-0.15, -0.1) is 0 Å². The van der Waals surface area contributed by atoms with Crippen LogP contribution in [0, 0.1) is 23.7 Å². The Morgan fingerprint density at radius 1 is 0.304 bits per heavy atom. The zero-order valence-corrected chi connectivity index (χ0v) is 62.0. The van der Waals surface area contributed by atoms with Crippen LogP contribution in [0.5, 0.6) is 0 Å². The minimum Gasteiger partial charge on any atom is -0.462 e. The van der Waals surface area contributed by atoms with Gasteiger partial charge in [-0.2, -0.15) is 0 Å². The van der Waals surface area contributed by atoms with E-state index in [2.05, 4.69) is 55.4 Å². The Kier molecular flexibility index (Phi) is 61.3. The third-order valence-electron chi connectivity index (χ3n) is 17.5. The van der Waals surface area contributed by atoms with Crippen molar-refractivity contribution in [1.82, 2.24) is 0 Å². The van der Waals surface area contributed by atoms with E-state index in [9.17, 15) is 43.2 Å². The number of hydrogen-bond donors (Lipinski definition) is 3. The SMILES string of the molecule is CCC(C)CCCCCCCCCCC(=O)O[C@H](COC(=O)CCCCCCCCC(C)CC)COP(=O)(O)OC[C@H](O)COP(=O)(O)OC[C@@H](COC(=O)CCCCCCCCCCCCCCCCC(C)C)OC(=O)CCCCCCCCCCCCC(C)C. The van der Waals surface area contributed by atoms with Crippen LogP contribution in [0.15, 0.2) is 0 Å². The molecule has 4 unspecified atom stereocenters. The summed E-state index contributed by atoms with van der Waals surface area (Å²) in [5.74, 6) is 0.924. The molecule has 0 aromatic rings. The summed E-state index contributed by atoms with van der Waals surface area (Å²) in [6, 6.07) is 0. The molecule has 0 bridgehead atoms. The maximum Gasteiger partial charge on any atom is 0.472 e. The number of aliphatic hydroxyl groups is 1. The van der Waals surface area contributed by atoms with Gasteiger partial charge < -0.3 is 33.8 Å². The Morgan fingerprint density at radius 3 is 0.772 bits per heavy atom. The molecule has 0 spiro atoms. The summed E-state index contributed by atoms with van der Waals surface area (Å²) in [5.41, 5.74) is 0. The van der Waals surface area contributed by atoms with E-state index in [1.54, 1.807) is 0 Å². The molecule has 0 aromatic carbocycles. The van der Waals surface area contributed by atoms with Crippen molar-refractivity contribution in [3.05, 3.63) is 0 Å². The summed E-state index contributed by atoms with van der Waals surface area (Å²) in [6.45, 7) is 14.1. The molecule has 92 heavy (non-hydrogen) atoms. The maximum absolute atomic E-state index is 13.1. The molecule has 0 aromatic heterocycles. The van der Waals surface area contributed by atoms with Crippen molar-refractivity contribution in [3.63, 3.8) is 0 Å². The Hall–Kier alpha value is -1.94. The van der Waals surface area contributed by atoms with E-state index in [4.69, 9.17) is 37.0 Å². The number of carbonyl (C=O) groups excluding carboxylic acids is 4. The molecule has 0 aliphatic heterocycles. The molecule has 0 rings (SSSR count). The van der Waals surface area contributed by atoms with Crippen molar-refractivity contribution < 1.29 is 80.2 Å². The van der Waals surface area contributed by atoms with E-state index < -0.39 is 97.5 Å². The van der Waals surface area contributed by atoms with Crippen molar-refractivity contribution >= 4 is 39.5 Å². The predicted molar refractivity (Wildman–Crippen MR) is 372 cm³/mol. The van der Waals surface area contributed by atoms with Crippen LogP contribution < -0.4 is 0 Å². The average molecular weight is 1350 g/mol. The van der Waals surface area contributed by atoms with E-state index in [1.807, 2.05) is 0 Å². The number of esters is 4. The van der Waals surface area contributed by atoms with Crippen LogP contribution in [0.3, 0.4) is 0 Å². The minimum absolute atomic E-state index is 0.104. The van der Waals surface area contributed by atoms with Gasteiger partial charge in [-0.25, -0.2) is 9.13 Å². The first-order chi connectivity index (χ1) is 44.2. The molecule has 0 amide bonds. The number of hydrogen-bond acceptors (Lipinski definition) is 15. The average Bonchev–Trinajstić information content (AvgIpc) is 3.34. The number of rotatable bonds is 70. The van der Waals surface area contributed by atoms with Gasteiger partial charge in [0, 0.05) is 25.7 Å². The van der Waals surface area contributed by atoms with Gasteiger partial charge in [0.25, 0.3) is 0 Å². The monoisotopic (exact) mass is 1350 g/mol. The van der Waals surface area contributed by atoms with Crippen LogP contribution in [-0.4, -0.2) is 96.7 Å². The normalized spacial score (nSPS) is 14.8. The predicted octanol–water partition coefficient (Wildman–Crippen LogP) is 20.9. The number of unbranched alkanes of at least 4 members (excludes halogenated alkanes) is 34. The summed E-state index contributed by atoms with van der Waals surface area (Å²) >= 11 is 0. The van der Waals surface area contributed by atoms with E-state index in [-0.39, 0.29) is 25.7 Å². The van der Waals surface area contributed by atoms with Crippen LogP contribution in [-0.2, 0) is 65.4 Å². The first-order valence-corrected chi connectivity index (χ1v) is 40.8. The van der Waals surface area contributed by atoms with Gasteiger partial charge in [-0.1, -0.05) is 312 Å². The summed E-state index contributed by atoms with van der Waals surface area (Å²) in [7, 11) is -9.91. The molecule has 7 atom stereocenters. The summed E-state index contributed by atoms with van der Waals surface area (Å²) < 4.78 is 68.4. The Balaban J connectivity index is 5.25. The highest BCUT2D eigenvalue weighted by Gasteiger charge is 2.30. The molecule has 0 aliphatic rings. The van der Waals surface area contributed by atoms with Crippen LogP contribution in [0.2, 0.25) is 0 Å². The lowest BCUT2D eigenvalue weighted by atomic mass is 9.99.